The number of ether oxygens (including phenoxy) is 1. The highest BCUT2D eigenvalue weighted by Gasteiger charge is 2.39. The topological polar surface area (TPSA) is 27.7 Å². The van der Waals surface area contributed by atoms with Gasteiger partial charge in [0.2, 0.25) is 0 Å². The second-order valence-corrected chi connectivity index (χ2v) is 20.5. The Bertz CT molecular complexity index is 290. The largest absolute Gasteiger partial charge is 0.437 e. The van der Waals surface area contributed by atoms with Crippen LogP contribution in [0.4, 0.5) is 0 Å². The van der Waals surface area contributed by atoms with Gasteiger partial charge in [-0.2, -0.15) is 0 Å². The van der Waals surface area contributed by atoms with Crippen LogP contribution in [0.3, 0.4) is 0 Å². The predicted molar refractivity (Wildman–Crippen MR) is 95.5 cm³/mol. The van der Waals surface area contributed by atoms with Crippen molar-refractivity contribution in [3.05, 3.63) is 12.2 Å². The molecule has 0 heterocycles. The Labute approximate surface area is 129 Å². The molecule has 0 atom stereocenters. The zero-order valence-corrected chi connectivity index (χ0v) is 17.8. The van der Waals surface area contributed by atoms with Crippen molar-refractivity contribution in [2.75, 3.05) is 13.2 Å². The highest BCUT2D eigenvalue weighted by atomic mass is 28.5. The fourth-order valence-corrected chi connectivity index (χ4v) is 14.7. The summed E-state index contributed by atoms with van der Waals surface area (Å²) in [6.07, 6.45) is 1.00. The van der Waals surface area contributed by atoms with E-state index in [4.69, 9.17) is 13.0 Å². The van der Waals surface area contributed by atoms with Crippen LogP contribution in [0.2, 0.25) is 51.9 Å². The van der Waals surface area contributed by atoms with E-state index in [1.54, 1.807) is 0 Å². The van der Waals surface area contributed by atoms with Crippen LogP contribution in [0, 0.1) is 0 Å². The standard InChI is InChI=1S/C14H34O3Si3/c1-14(2)13-15-11-10-12-20(9,16-18(3,4)5)17-19(6,7)8/h1,10-13H2,2-9H3. The van der Waals surface area contributed by atoms with Crippen molar-refractivity contribution in [2.45, 2.75) is 65.2 Å². The lowest BCUT2D eigenvalue weighted by atomic mass is 10.4. The molecule has 0 aliphatic heterocycles. The molecule has 0 fully saturated rings. The number of rotatable bonds is 10. The lowest BCUT2D eigenvalue weighted by Crippen LogP contribution is -2.52. The van der Waals surface area contributed by atoms with Gasteiger partial charge in [-0.3, -0.25) is 0 Å². The second-order valence-electron chi connectivity index (χ2n) is 7.68. The molecule has 0 radical (unpaired) electrons. The third-order valence-electron chi connectivity index (χ3n) is 2.31. The lowest BCUT2D eigenvalue weighted by molar-refractivity contribution is 0.155. The number of hydrogen-bond donors (Lipinski definition) is 0. The highest BCUT2D eigenvalue weighted by molar-refractivity contribution is 6.87. The van der Waals surface area contributed by atoms with Gasteiger partial charge in [-0.1, -0.05) is 12.2 Å². The van der Waals surface area contributed by atoms with E-state index in [1.165, 1.54) is 0 Å². The van der Waals surface area contributed by atoms with E-state index in [0.717, 1.165) is 24.6 Å². The average molecular weight is 335 g/mol. The van der Waals surface area contributed by atoms with Gasteiger partial charge in [-0.05, 0) is 65.2 Å². The molecule has 0 spiro atoms. The van der Waals surface area contributed by atoms with Gasteiger partial charge in [0.15, 0.2) is 16.6 Å². The average Bonchev–Trinajstić information content (AvgIpc) is 2.09. The summed E-state index contributed by atoms with van der Waals surface area (Å²) in [5, 5.41) is 0. The molecule has 6 heteroatoms. The van der Waals surface area contributed by atoms with Crippen LogP contribution < -0.4 is 0 Å². The van der Waals surface area contributed by atoms with Crippen LogP contribution in [-0.2, 0) is 13.0 Å². The van der Waals surface area contributed by atoms with Crippen molar-refractivity contribution in [1.82, 2.24) is 0 Å². The number of hydrogen-bond acceptors (Lipinski definition) is 3. The molecule has 0 N–H and O–H groups in total. The minimum Gasteiger partial charge on any atom is -0.437 e. The maximum Gasteiger partial charge on any atom is 0.314 e. The van der Waals surface area contributed by atoms with Crippen molar-refractivity contribution < 1.29 is 13.0 Å². The van der Waals surface area contributed by atoms with Crippen molar-refractivity contribution in [1.29, 1.82) is 0 Å². The van der Waals surface area contributed by atoms with Gasteiger partial charge in [-0.25, -0.2) is 0 Å². The first-order valence-corrected chi connectivity index (χ1v) is 16.8. The van der Waals surface area contributed by atoms with Gasteiger partial charge < -0.3 is 13.0 Å². The van der Waals surface area contributed by atoms with Crippen LogP contribution in [0.25, 0.3) is 0 Å². The molecular weight excluding hydrogens is 300 g/mol. The van der Waals surface area contributed by atoms with Crippen molar-refractivity contribution in [3.8, 4) is 0 Å². The molecule has 3 nitrogen and oxygen atoms in total. The van der Waals surface area contributed by atoms with E-state index >= 15 is 0 Å². The Morgan fingerprint density at radius 1 is 0.900 bits per heavy atom. The summed E-state index contributed by atoms with van der Waals surface area (Å²) in [6.45, 7) is 22.9. The van der Waals surface area contributed by atoms with Gasteiger partial charge >= 0.3 is 8.56 Å². The van der Waals surface area contributed by atoms with Gasteiger partial charge in [0.1, 0.15) is 0 Å². The summed E-state index contributed by atoms with van der Waals surface area (Å²) >= 11 is 0. The summed E-state index contributed by atoms with van der Waals surface area (Å²) in [5.74, 6) is 0. The van der Waals surface area contributed by atoms with Crippen molar-refractivity contribution in [3.63, 3.8) is 0 Å². The van der Waals surface area contributed by atoms with Crippen LogP contribution in [-0.4, -0.2) is 38.4 Å². The molecule has 0 aromatic rings. The molecule has 0 aromatic heterocycles. The SMILES string of the molecule is C=C(C)COCCC[Si](C)(O[Si](C)(C)C)O[Si](C)(C)C. The maximum absolute atomic E-state index is 6.45. The van der Waals surface area contributed by atoms with E-state index in [2.05, 4.69) is 52.4 Å². The normalized spacial score (nSPS) is 13.6. The van der Waals surface area contributed by atoms with Crippen molar-refractivity contribution >= 4 is 25.2 Å². The molecule has 0 aliphatic rings. The van der Waals surface area contributed by atoms with E-state index in [0.29, 0.717) is 6.61 Å². The summed E-state index contributed by atoms with van der Waals surface area (Å²) in [7, 11) is -5.23. The van der Waals surface area contributed by atoms with Gasteiger partial charge in [0.25, 0.3) is 0 Å². The maximum atomic E-state index is 6.45. The summed E-state index contributed by atoms with van der Waals surface area (Å²) in [6, 6.07) is 1.01. The Hall–Kier alpha value is 0.271. The Balaban J connectivity index is 4.43. The third kappa shape index (κ3) is 12.0. The molecule has 0 unspecified atom stereocenters. The minimum absolute atomic E-state index is 0.655. The monoisotopic (exact) mass is 334 g/mol. The zero-order chi connectivity index (χ0) is 16.0. The molecule has 0 saturated heterocycles. The Morgan fingerprint density at radius 2 is 1.35 bits per heavy atom. The molecule has 120 valence electrons. The van der Waals surface area contributed by atoms with Crippen molar-refractivity contribution in [2.24, 2.45) is 0 Å². The molecule has 0 bridgehead atoms. The summed E-state index contributed by atoms with van der Waals surface area (Å²) < 4.78 is 18.5. The molecule has 0 aliphatic carbocycles. The molecule has 0 rings (SSSR count). The molecule has 0 amide bonds. The molecular formula is C14H34O3Si3. The molecule has 0 aromatic carbocycles. The summed E-state index contributed by atoms with van der Waals surface area (Å²) in [5.41, 5.74) is 1.07. The zero-order valence-electron chi connectivity index (χ0n) is 14.8. The van der Waals surface area contributed by atoms with E-state index in [-0.39, 0.29) is 0 Å². The van der Waals surface area contributed by atoms with Crippen LogP contribution >= 0.6 is 0 Å². The van der Waals surface area contributed by atoms with E-state index < -0.39 is 25.2 Å². The van der Waals surface area contributed by atoms with Gasteiger partial charge in [0.05, 0.1) is 6.61 Å². The quantitative estimate of drug-likeness (QED) is 0.328. The van der Waals surface area contributed by atoms with E-state index in [9.17, 15) is 0 Å². The first-order chi connectivity index (χ1) is 8.83. The van der Waals surface area contributed by atoms with Crippen LogP contribution in [0.5, 0.6) is 0 Å². The highest BCUT2D eigenvalue weighted by Crippen LogP contribution is 2.25. The second kappa shape index (κ2) is 8.05. The smallest absolute Gasteiger partial charge is 0.314 e. The first kappa shape index (κ1) is 20.3. The van der Waals surface area contributed by atoms with E-state index in [1.807, 2.05) is 6.92 Å². The Kier molecular flexibility index (Phi) is 8.16. The van der Waals surface area contributed by atoms with Crippen LogP contribution in [0.1, 0.15) is 13.3 Å². The van der Waals surface area contributed by atoms with Gasteiger partial charge in [0, 0.05) is 6.61 Å². The lowest BCUT2D eigenvalue weighted by Gasteiger charge is -2.38. The van der Waals surface area contributed by atoms with Gasteiger partial charge in [-0.15, -0.1) is 0 Å². The summed E-state index contributed by atoms with van der Waals surface area (Å²) in [4.78, 5) is 0. The predicted octanol–water partition coefficient (Wildman–Crippen LogP) is 4.74. The molecule has 20 heavy (non-hydrogen) atoms. The fourth-order valence-electron chi connectivity index (χ4n) is 2.16. The molecule has 0 saturated carbocycles. The Morgan fingerprint density at radius 3 is 1.70 bits per heavy atom. The first-order valence-electron chi connectivity index (χ1n) is 7.45. The third-order valence-corrected chi connectivity index (χ3v) is 11.9. The fraction of sp³-hybridized carbons (Fsp3) is 0.857. The minimum atomic E-state index is -2.08. The van der Waals surface area contributed by atoms with Crippen LogP contribution in [0.15, 0.2) is 12.2 Å².